The summed E-state index contributed by atoms with van der Waals surface area (Å²) in [5, 5.41) is 16.7. The molecule has 0 bridgehead atoms. The zero-order valence-electron chi connectivity index (χ0n) is 14.8. The lowest BCUT2D eigenvalue weighted by Crippen LogP contribution is -2.38. The summed E-state index contributed by atoms with van der Waals surface area (Å²) < 4.78 is 0. The van der Waals surface area contributed by atoms with Gasteiger partial charge < -0.3 is 10.6 Å². The fourth-order valence-corrected chi connectivity index (χ4v) is 3.12. The van der Waals surface area contributed by atoms with E-state index in [0.29, 0.717) is 12.1 Å². The third-order valence-electron chi connectivity index (χ3n) is 3.52. The molecule has 1 aromatic heterocycles. The van der Waals surface area contributed by atoms with Crippen molar-refractivity contribution in [2.24, 2.45) is 4.99 Å². The number of guanidine groups is 1. The number of thiazole rings is 1. The summed E-state index contributed by atoms with van der Waals surface area (Å²) in [5.74, 6) is 0.782. The molecule has 2 N–H and O–H groups in total. The SMILES string of the molecule is CCNC(=NCc1cccc(C#N)c1)NCCc1nc(C)c(C)s1.I. The number of rotatable bonds is 6. The van der Waals surface area contributed by atoms with Crippen LogP contribution in [-0.4, -0.2) is 24.0 Å². The molecular weight excluding hydrogens is 445 g/mol. The summed E-state index contributed by atoms with van der Waals surface area (Å²) in [6.07, 6.45) is 0.883. The van der Waals surface area contributed by atoms with Crippen LogP contribution in [0.3, 0.4) is 0 Å². The number of nitriles is 1. The Morgan fingerprint density at radius 1 is 1.32 bits per heavy atom. The van der Waals surface area contributed by atoms with Gasteiger partial charge >= 0.3 is 0 Å². The van der Waals surface area contributed by atoms with E-state index in [1.165, 1.54) is 4.88 Å². The highest BCUT2D eigenvalue weighted by Crippen LogP contribution is 2.16. The lowest BCUT2D eigenvalue weighted by Gasteiger charge is -2.10. The molecule has 0 unspecified atom stereocenters. The minimum absolute atomic E-state index is 0. The fourth-order valence-electron chi connectivity index (χ4n) is 2.19. The van der Waals surface area contributed by atoms with Crippen molar-refractivity contribution in [3.63, 3.8) is 0 Å². The molecule has 0 aliphatic rings. The van der Waals surface area contributed by atoms with Gasteiger partial charge in [-0.1, -0.05) is 12.1 Å². The topological polar surface area (TPSA) is 73.1 Å². The Morgan fingerprint density at radius 3 is 2.76 bits per heavy atom. The molecule has 0 aliphatic heterocycles. The Kier molecular flexibility index (Phi) is 9.45. The van der Waals surface area contributed by atoms with Gasteiger partial charge in [0.05, 0.1) is 28.9 Å². The van der Waals surface area contributed by atoms with E-state index in [-0.39, 0.29) is 24.0 Å². The molecule has 0 amide bonds. The third kappa shape index (κ3) is 7.00. The van der Waals surface area contributed by atoms with Gasteiger partial charge in [-0.05, 0) is 38.5 Å². The van der Waals surface area contributed by atoms with Crippen molar-refractivity contribution >= 4 is 41.3 Å². The summed E-state index contributed by atoms with van der Waals surface area (Å²) in [6, 6.07) is 9.69. The maximum absolute atomic E-state index is 8.95. The number of halogens is 1. The molecule has 0 saturated carbocycles. The van der Waals surface area contributed by atoms with Crippen molar-refractivity contribution in [3.05, 3.63) is 51.0 Å². The summed E-state index contributed by atoms with van der Waals surface area (Å²) >= 11 is 1.75. The second-order valence-corrected chi connectivity index (χ2v) is 6.72. The van der Waals surface area contributed by atoms with E-state index >= 15 is 0 Å². The smallest absolute Gasteiger partial charge is 0.191 e. The van der Waals surface area contributed by atoms with Crippen LogP contribution < -0.4 is 10.6 Å². The predicted octanol–water partition coefficient (Wildman–Crippen LogP) is 3.55. The highest BCUT2D eigenvalue weighted by Gasteiger charge is 2.04. The van der Waals surface area contributed by atoms with Crippen LogP contribution in [0.5, 0.6) is 0 Å². The molecule has 25 heavy (non-hydrogen) atoms. The summed E-state index contributed by atoms with van der Waals surface area (Å²) in [5.41, 5.74) is 2.81. The molecular formula is C18H24IN5S. The molecule has 0 atom stereocenters. The molecule has 0 radical (unpaired) electrons. The zero-order valence-corrected chi connectivity index (χ0v) is 17.9. The first-order chi connectivity index (χ1) is 11.6. The number of aromatic nitrogens is 1. The van der Waals surface area contributed by atoms with Crippen molar-refractivity contribution in [1.29, 1.82) is 5.26 Å². The Hall–Kier alpha value is -1.66. The molecule has 1 aromatic carbocycles. The molecule has 2 aromatic rings. The monoisotopic (exact) mass is 469 g/mol. The lowest BCUT2D eigenvalue weighted by atomic mass is 10.1. The Morgan fingerprint density at radius 2 is 2.12 bits per heavy atom. The van der Waals surface area contributed by atoms with Crippen molar-refractivity contribution in [1.82, 2.24) is 15.6 Å². The van der Waals surface area contributed by atoms with Gasteiger partial charge in [0, 0.05) is 24.4 Å². The van der Waals surface area contributed by atoms with Crippen molar-refractivity contribution < 1.29 is 0 Å². The van der Waals surface area contributed by atoms with Gasteiger partial charge in [-0.3, -0.25) is 0 Å². The van der Waals surface area contributed by atoms with E-state index < -0.39 is 0 Å². The highest BCUT2D eigenvalue weighted by atomic mass is 127. The van der Waals surface area contributed by atoms with E-state index in [9.17, 15) is 0 Å². The van der Waals surface area contributed by atoms with E-state index in [0.717, 1.165) is 41.7 Å². The largest absolute Gasteiger partial charge is 0.357 e. The van der Waals surface area contributed by atoms with Crippen LogP contribution in [0, 0.1) is 25.2 Å². The van der Waals surface area contributed by atoms with Gasteiger partial charge in [-0.15, -0.1) is 35.3 Å². The van der Waals surface area contributed by atoms with Crippen molar-refractivity contribution in [2.75, 3.05) is 13.1 Å². The molecule has 0 aliphatic carbocycles. The number of hydrogen-bond donors (Lipinski definition) is 2. The van der Waals surface area contributed by atoms with Crippen molar-refractivity contribution in [3.8, 4) is 6.07 Å². The fraction of sp³-hybridized carbons (Fsp3) is 0.389. The summed E-state index contributed by atoms with van der Waals surface area (Å²) in [4.78, 5) is 10.4. The minimum atomic E-state index is 0. The number of aliphatic imine (C=N–C) groups is 1. The average molecular weight is 469 g/mol. The van der Waals surface area contributed by atoms with Crippen LogP contribution >= 0.6 is 35.3 Å². The number of nitrogens with one attached hydrogen (secondary N) is 2. The molecule has 5 nitrogen and oxygen atoms in total. The van der Waals surface area contributed by atoms with Crippen LogP contribution in [-0.2, 0) is 13.0 Å². The van der Waals surface area contributed by atoms with Gasteiger partial charge in [0.1, 0.15) is 0 Å². The molecule has 2 rings (SSSR count). The first kappa shape index (κ1) is 21.4. The summed E-state index contributed by atoms with van der Waals surface area (Å²) in [7, 11) is 0. The Bertz CT molecular complexity index is 729. The van der Waals surface area contributed by atoms with Crippen LogP contribution in [0.1, 0.15) is 33.6 Å². The van der Waals surface area contributed by atoms with E-state index in [2.05, 4.69) is 33.6 Å². The van der Waals surface area contributed by atoms with E-state index in [1.807, 2.05) is 32.0 Å². The van der Waals surface area contributed by atoms with Gasteiger partial charge in [0.15, 0.2) is 5.96 Å². The van der Waals surface area contributed by atoms with Gasteiger partial charge in [0.2, 0.25) is 0 Å². The van der Waals surface area contributed by atoms with Crippen LogP contribution in [0.2, 0.25) is 0 Å². The number of nitrogens with zero attached hydrogens (tertiary/aromatic N) is 3. The molecule has 0 saturated heterocycles. The Labute approximate surface area is 170 Å². The second kappa shape index (κ2) is 11.1. The van der Waals surface area contributed by atoms with Gasteiger partial charge in [-0.2, -0.15) is 5.26 Å². The number of benzene rings is 1. The molecule has 7 heteroatoms. The Balaban J connectivity index is 0.00000312. The first-order valence-corrected chi connectivity index (χ1v) is 8.88. The number of aryl methyl sites for hydroxylation is 2. The lowest BCUT2D eigenvalue weighted by molar-refractivity contribution is 0.795. The zero-order chi connectivity index (χ0) is 17.4. The quantitative estimate of drug-likeness (QED) is 0.386. The van der Waals surface area contributed by atoms with E-state index in [4.69, 9.17) is 5.26 Å². The predicted molar refractivity (Wildman–Crippen MR) is 115 cm³/mol. The third-order valence-corrected chi connectivity index (χ3v) is 4.66. The number of hydrogen-bond acceptors (Lipinski definition) is 4. The summed E-state index contributed by atoms with van der Waals surface area (Å²) in [6.45, 7) is 8.33. The minimum Gasteiger partial charge on any atom is -0.357 e. The van der Waals surface area contributed by atoms with Crippen LogP contribution in [0.15, 0.2) is 29.3 Å². The maximum atomic E-state index is 8.95. The average Bonchev–Trinajstić information content (AvgIpc) is 2.91. The molecule has 0 fully saturated rings. The van der Waals surface area contributed by atoms with Gasteiger partial charge in [-0.25, -0.2) is 9.98 Å². The molecule has 1 heterocycles. The van der Waals surface area contributed by atoms with Crippen LogP contribution in [0.25, 0.3) is 0 Å². The van der Waals surface area contributed by atoms with Crippen molar-refractivity contribution in [2.45, 2.75) is 33.7 Å². The highest BCUT2D eigenvalue weighted by molar-refractivity contribution is 14.0. The van der Waals surface area contributed by atoms with Crippen LogP contribution in [0.4, 0.5) is 0 Å². The van der Waals surface area contributed by atoms with E-state index in [1.54, 1.807) is 17.4 Å². The first-order valence-electron chi connectivity index (χ1n) is 8.06. The normalized spacial score (nSPS) is 10.7. The van der Waals surface area contributed by atoms with Gasteiger partial charge in [0.25, 0.3) is 0 Å². The second-order valence-electron chi connectivity index (χ2n) is 5.43. The maximum Gasteiger partial charge on any atom is 0.191 e. The molecule has 0 spiro atoms. The molecule has 134 valence electrons. The standard InChI is InChI=1S/C18H23N5S.HI/c1-4-20-18(21-9-8-17-23-13(2)14(3)24-17)22-12-16-7-5-6-15(10-16)11-19;/h5-7,10H,4,8-9,12H2,1-3H3,(H2,20,21,22);1H.